The third kappa shape index (κ3) is 2.95. The Bertz CT molecular complexity index is 596. The summed E-state index contributed by atoms with van der Waals surface area (Å²) in [6.07, 6.45) is 1.99. The van der Waals surface area contributed by atoms with Crippen molar-refractivity contribution in [1.29, 1.82) is 0 Å². The van der Waals surface area contributed by atoms with E-state index in [0.717, 1.165) is 38.6 Å². The van der Waals surface area contributed by atoms with Crippen molar-refractivity contribution < 1.29 is 4.74 Å². The molecule has 1 N–H and O–H groups in total. The van der Waals surface area contributed by atoms with Gasteiger partial charge >= 0.3 is 0 Å². The Labute approximate surface area is 129 Å². The molecular formula is C13H15Br2N3O. The van der Waals surface area contributed by atoms with Crippen LogP contribution in [0.4, 0.5) is 5.95 Å². The van der Waals surface area contributed by atoms with E-state index in [4.69, 9.17) is 4.74 Å². The van der Waals surface area contributed by atoms with Crippen molar-refractivity contribution >= 4 is 37.8 Å². The molecule has 1 aromatic carbocycles. The molecule has 6 heteroatoms. The Morgan fingerprint density at radius 2 is 2.05 bits per heavy atom. The van der Waals surface area contributed by atoms with Crippen LogP contribution in [-0.4, -0.2) is 23.2 Å². The lowest BCUT2D eigenvalue weighted by Crippen LogP contribution is -2.05. The third-order valence-corrected chi connectivity index (χ3v) is 3.90. The summed E-state index contributed by atoms with van der Waals surface area (Å²) >= 11 is 7.05. The van der Waals surface area contributed by atoms with Gasteiger partial charge in [-0.3, -0.25) is 4.57 Å². The number of imidazole rings is 1. The van der Waals surface area contributed by atoms with E-state index in [2.05, 4.69) is 42.2 Å². The van der Waals surface area contributed by atoms with Crippen molar-refractivity contribution in [2.75, 3.05) is 19.0 Å². The molecule has 0 spiro atoms. The Hall–Kier alpha value is -1.01. The van der Waals surface area contributed by atoms with Crippen molar-refractivity contribution in [2.24, 2.45) is 0 Å². The number of halogens is 2. The SMILES string of the molecule is CCNc1nc(C)cn1-c1cc(OC)c(Br)cc1Br. The van der Waals surface area contributed by atoms with Crippen LogP contribution in [0.1, 0.15) is 12.6 Å². The summed E-state index contributed by atoms with van der Waals surface area (Å²) in [7, 11) is 1.65. The van der Waals surface area contributed by atoms with Gasteiger partial charge in [0, 0.05) is 23.3 Å². The lowest BCUT2D eigenvalue weighted by atomic mass is 10.3. The third-order valence-electron chi connectivity index (χ3n) is 2.64. The Balaban J connectivity index is 2.57. The maximum atomic E-state index is 5.35. The number of benzene rings is 1. The quantitative estimate of drug-likeness (QED) is 0.855. The molecule has 0 aliphatic carbocycles. The van der Waals surface area contributed by atoms with E-state index in [1.165, 1.54) is 0 Å². The standard InChI is InChI=1S/C13H15Br2N3O/c1-4-16-13-17-8(2)7-18(13)11-6-12(19-3)10(15)5-9(11)14/h5-7H,4H2,1-3H3,(H,16,17). The first-order valence-corrected chi connectivity index (χ1v) is 7.48. The largest absolute Gasteiger partial charge is 0.495 e. The average molecular weight is 389 g/mol. The summed E-state index contributed by atoms with van der Waals surface area (Å²) in [4.78, 5) is 4.47. The fourth-order valence-corrected chi connectivity index (χ4v) is 3.17. The fraction of sp³-hybridized carbons (Fsp3) is 0.308. The maximum Gasteiger partial charge on any atom is 0.207 e. The van der Waals surface area contributed by atoms with Crippen LogP contribution in [0.5, 0.6) is 5.75 Å². The normalized spacial score (nSPS) is 10.6. The number of rotatable bonds is 4. The van der Waals surface area contributed by atoms with Gasteiger partial charge in [0.1, 0.15) is 5.75 Å². The highest BCUT2D eigenvalue weighted by atomic mass is 79.9. The molecular weight excluding hydrogens is 374 g/mol. The second-order valence-corrected chi connectivity index (χ2v) is 5.75. The van der Waals surface area contributed by atoms with Gasteiger partial charge in [0.05, 0.1) is 23.0 Å². The minimum Gasteiger partial charge on any atom is -0.495 e. The number of hydrogen-bond acceptors (Lipinski definition) is 3. The molecule has 0 bridgehead atoms. The molecule has 102 valence electrons. The van der Waals surface area contributed by atoms with Crippen molar-refractivity contribution in [2.45, 2.75) is 13.8 Å². The Kier molecular flexibility index (Phi) is 4.52. The second kappa shape index (κ2) is 5.96. The minimum absolute atomic E-state index is 0.784. The molecule has 2 rings (SSSR count). The number of nitrogens with zero attached hydrogens (tertiary/aromatic N) is 2. The molecule has 0 fully saturated rings. The van der Waals surface area contributed by atoms with E-state index in [-0.39, 0.29) is 0 Å². The summed E-state index contributed by atoms with van der Waals surface area (Å²) in [6, 6.07) is 3.94. The zero-order valence-corrected chi connectivity index (χ0v) is 14.2. The summed E-state index contributed by atoms with van der Waals surface area (Å²) in [6.45, 7) is 4.84. The molecule has 0 radical (unpaired) electrons. The highest BCUT2D eigenvalue weighted by Gasteiger charge is 2.13. The van der Waals surface area contributed by atoms with Crippen LogP contribution in [-0.2, 0) is 0 Å². The smallest absolute Gasteiger partial charge is 0.207 e. The van der Waals surface area contributed by atoms with E-state index in [1.807, 2.05) is 36.7 Å². The number of anilines is 1. The predicted molar refractivity (Wildman–Crippen MR) is 84.4 cm³/mol. The summed E-state index contributed by atoms with van der Waals surface area (Å²) in [5.41, 5.74) is 1.95. The van der Waals surface area contributed by atoms with Crippen LogP contribution in [0.3, 0.4) is 0 Å². The van der Waals surface area contributed by atoms with Gasteiger partial charge in [0.2, 0.25) is 5.95 Å². The number of ether oxygens (including phenoxy) is 1. The minimum atomic E-state index is 0.784. The van der Waals surface area contributed by atoms with E-state index < -0.39 is 0 Å². The first-order chi connectivity index (χ1) is 9.06. The fourth-order valence-electron chi connectivity index (χ4n) is 1.82. The van der Waals surface area contributed by atoms with E-state index in [0.29, 0.717) is 0 Å². The van der Waals surface area contributed by atoms with Gasteiger partial charge in [-0.15, -0.1) is 0 Å². The van der Waals surface area contributed by atoms with Crippen LogP contribution in [0.2, 0.25) is 0 Å². The van der Waals surface area contributed by atoms with Crippen LogP contribution in [0.15, 0.2) is 27.3 Å². The van der Waals surface area contributed by atoms with Gasteiger partial charge < -0.3 is 10.1 Å². The van der Waals surface area contributed by atoms with Crippen molar-refractivity contribution in [1.82, 2.24) is 9.55 Å². The zero-order chi connectivity index (χ0) is 14.0. The maximum absolute atomic E-state index is 5.35. The lowest BCUT2D eigenvalue weighted by molar-refractivity contribution is 0.412. The van der Waals surface area contributed by atoms with Crippen LogP contribution in [0.25, 0.3) is 5.69 Å². The van der Waals surface area contributed by atoms with Gasteiger partial charge in [-0.05, 0) is 51.8 Å². The Morgan fingerprint density at radius 1 is 1.32 bits per heavy atom. The van der Waals surface area contributed by atoms with Crippen LogP contribution in [0, 0.1) is 6.92 Å². The summed E-state index contributed by atoms with van der Waals surface area (Å²) < 4.78 is 9.24. The highest BCUT2D eigenvalue weighted by molar-refractivity contribution is 9.11. The molecule has 0 atom stereocenters. The average Bonchev–Trinajstić information content (AvgIpc) is 2.71. The van der Waals surface area contributed by atoms with Crippen LogP contribution >= 0.6 is 31.9 Å². The van der Waals surface area contributed by atoms with E-state index in [9.17, 15) is 0 Å². The number of aryl methyl sites for hydroxylation is 1. The molecule has 0 saturated carbocycles. The first kappa shape index (κ1) is 14.4. The predicted octanol–water partition coefficient (Wildman–Crippen LogP) is 4.15. The van der Waals surface area contributed by atoms with Crippen molar-refractivity contribution in [3.8, 4) is 11.4 Å². The molecule has 1 heterocycles. The molecule has 2 aromatic rings. The molecule has 0 amide bonds. The van der Waals surface area contributed by atoms with Gasteiger partial charge in [-0.2, -0.15) is 0 Å². The lowest BCUT2D eigenvalue weighted by Gasteiger charge is -2.13. The van der Waals surface area contributed by atoms with E-state index >= 15 is 0 Å². The van der Waals surface area contributed by atoms with Crippen molar-refractivity contribution in [3.63, 3.8) is 0 Å². The van der Waals surface area contributed by atoms with Crippen molar-refractivity contribution in [3.05, 3.63) is 33.0 Å². The second-order valence-electron chi connectivity index (χ2n) is 4.04. The van der Waals surface area contributed by atoms with E-state index in [1.54, 1.807) is 7.11 Å². The number of methoxy groups -OCH3 is 1. The molecule has 4 nitrogen and oxygen atoms in total. The number of hydrogen-bond donors (Lipinski definition) is 1. The van der Waals surface area contributed by atoms with Gasteiger partial charge in [-0.25, -0.2) is 4.98 Å². The highest BCUT2D eigenvalue weighted by Crippen LogP contribution is 2.34. The summed E-state index contributed by atoms with van der Waals surface area (Å²) in [5.74, 6) is 1.61. The van der Waals surface area contributed by atoms with Gasteiger partial charge in [-0.1, -0.05) is 0 Å². The first-order valence-electron chi connectivity index (χ1n) is 5.90. The molecule has 19 heavy (non-hydrogen) atoms. The zero-order valence-electron chi connectivity index (χ0n) is 11.0. The van der Waals surface area contributed by atoms with Gasteiger partial charge in [0.25, 0.3) is 0 Å². The number of nitrogens with one attached hydrogen (secondary N) is 1. The molecule has 0 aliphatic heterocycles. The number of aromatic nitrogens is 2. The van der Waals surface area contributed by atoms with Crippen LogP contribution < -0.4 is 10.1 Å². The Morgan fingerprint density at radius 3 is 2.68 bits per heavy atom. The monoisotopic (exact) mass is 387 g/mol. The topological polar surface area (TPSA) is 39.1 Å². The molecule has 0 unspecified atom stereocenters. The molecule has 0 saturated heterocycles. The summed E-state index contributed by atoms with van der Waals surface area (Å²) in [5, 5.41) is 3.25. The molecule has 0 aliphatic rings. The molecule has 1 aromatic heterocycles. The van der Waals surface area contributed by atoms with Gasteiger partial charge in [0.15, 0.2) is 0 Å².